The van der Waals surface area contributed by atoms with Gasteiger partial charge in [-0.15, -0.1) is 11.8 Å². The van der Waals surface area contributed by atoms with E-state index < -0.39 is 10.0 Å². The summed E-state index contributed by atoms with van der Waals surface area (Å²) in [6.07, 6.45) is 2.62. The van der Waals surface area contributed by atoms with Crippen molar-refractivity contribution < 1.29 is 17.9 Å². The molecular weight excluding hydrogens is 422 g/mol. The van der Waals surface area contributed by atoms with Crippen LogP contribution in [-0.2, 0) is 14.8 Å². The van der Waals surface area contributed by atoms with Gasteiger partial charge < -0.3 is 10.1 Å². The minimum absolute atomic E-state index is 0.0918. The van der Waals surface area contributed by atoms with Crippen LogP contribution < -0.4 is 10.1 Å². The number of piperidine rings is 1. The second-order valence-corrected chi connectivity index (χ2v) is 10.1. The summed E-state index contributed by atoms with van der Waals surface area (Å²) < 4.78 is 32.6. The van der Waals surface area contributed by atoms with Crippen LogP contribution in [0.3, 0.4) is 0 Å². The molecular formula is C21H27N3O4S2. The summed E-state index contributed by atoms with van der Waals surface area (Å²) in [7, 11) is -3.58. The molecule has 1 aromatic heterocycles. The maximum Gasteiger partial charge on any atom is 0.243 e. The van der Waals surface area contributed by atoms with Crippen molar-refractivity contribution in [3.8, 4) is 5.75 Å². The molecule has 0 unspecified atom stereocenters. The summed E-state index contributed by atoms with van der Waals surface area (Å²) in [6, 6.07) is 10.2. The Bertz CT molecular complexity index is 939. The standard InChI is InChI=1S/C21H27N3O4S2/c1-3-28-18-6-8-19(9-7-18)30(26,27)24-13-11-16(12-14-24)21(25)23-17-5-10-20(22-15-17)29-4-2/h5-10,15-16H,3-4,11-14H2,1-2H3,(H,23,25). The van der Waals surface area contributed by atoms with E-state index >= 15 is 0 Å². The van der Waals surface area contributed by atoms with E-state index in [-0.39, 0.29) is 16.7 Å². The maximum absolute atomic E-state index is 12.9. The number of hydrogen-bond donors (Lipinski definition) is 1. The lowest BCUT2D eigenvalue weighted by Gasteiger charge is -2.30. The molecule has 0 spiro atoms. The summed E-state index contributed by atoms with van der Waals surface area (Å²) in [5.74, 6) is 1.27. The van der Waals surface area contributed by atoms with Crippen molar-refractivity contribution in [1.82, 2.24) is 9.29 Å². The molecule has 1 saturated heterocycles. The zero-order chi connectivity index (χ0) is 21.6. The number of nitrogens with one attached hydrogen (secondary N) is 1. The number of carbonyl (C=O) groups is 1. The number of hydrogen-bond acceptors (Lipinski definition) is 6. The molecule has 162 valence electrons. The fourth-order valence-corrected chi connectivity index (χ4v) is 5.37. The highest BCUT2D eigenvalue weighted by Crippen LogP contribution is 2.26. The van der Waals surface area contributed by atoms with Crippen LogP contribution in [0.25, 0.3) is 0 Å². The quantitative estimate of drug-likeness (QED) is 0.619. The first-order valence-electron chi connectivity index (χ1n) is 10.1. The molecule has 0 radical (unpaired) electrons. The molecule has 0 bridgehead atoms. The van der Waals surface area contributed by atoms with Crippen molar-refractivity contribution in [1.29, 1.82) is 0 Å². The summed E-state index contributed by atoms with van der Waals surface area (Å²) in [4.78, 5) is 17.1. The molecule has 9 heteroatoms. The molecule has 7 nitrogen and oxygen atoms in total. The molecule has 0 saturated carbocycles. The number of rotatable bonds is 8. The van der Waals surface area contributed by atoms with Crippen LogP contribution in [0.1, 0.15) is 26.7 Å². The summed E-state index contributed by atoms with van der Waals surface area (Å²) in [5.41, 5.74) is 0.657. The fourth-order valence-electron chi connectivity index (χ4n) is 3.31. The molecule has 3 rings (SSSR count). The molecule has 2 aromatic rings. The van der Waals surface area contributed by atoms with Gasteiger partial charge in [-0.05, 0) is 61.9 Å². The van der Waals surface area contributed by atoms with Crippen molar-refractivity contribution in [2.24, 2.45) is 5.92 Å². The lowest BCUT2D eigenvalue weighted by molar-refractivity contribution is -0.120. The van der Waals surface area contributed by atoms with Crippen molar-refractivity contribution in [2.45, 2.75) is 36.6 Å². The molecule has 1 aromatic carbocycles. The average molecular weight is 450 g/mol. The van der Waals surface area contributed by atoms with E-state index in [1.54, 1.807) is 42.2 Å². The Morgan fingerprint density at radius 3 is 2.43 bits per heavy atom. The highest BCUT2D eigenvalue weighted by molar-refractivity contribution is 7.99. The van der Waals surface area contributed by atoms with Crippen LogP contribution in [0.15, 0.2) is 52.5 Å². The zero-order valence-electron chi connectivity index (χ0n) is 17.2. The number of carbonyl (C=O) groups excluding carboxylic acids is 1. The second-order valence-electron chi connectivity index (χ2n) is 6.89. The molecule has 0 aliphatic carbocycles. The SMILES string of the molecule is CCOc1ccc(S(=O)(=O)N2CCC(C(=O)Nc3ccc(SCC)nc3)CC2)cc1. The van der Waals surface area contributed by atoms with E-state index in [9.17, 15) is 13.2 Å². The molecule has 1 amide bonds. The zero-order valence-corrected chi connectivity index (χ0v) is 18.8. The summed E-state index contributed by atoms with van der Waals surface area (Å²) >= 11 is 1.64. The number of benzene rings is 1. The number of pyridine rings is 1. The third-order valence-electron chi connectivity index (χ3n) is 4.89. The van der Waals surface area contributed by atoms with Gasteiger partial charge in [-0.2, -0.15) is 4.31 Å². The molecule has 2 heterocycles. The molecule has 30 heavy (non-hydrogen) atoms. The number of nitrogens with zero attached hydrogens (tertiary/aromatic N) is 2. The van der Waals surface area contributed by atoms with Gasteiger partial charge in [-0.25, -0.2) is 13.4 Å². The van der Waals surface area contributed by atoms with Gasteiger partial charge in [-0.3, -0.25) is 4.79 Å². The van der Waals surface area contributed by atoms with Gasteiger partial charge in [-0.1, -0.05) is 6.92 Å². The molecule has 1 N–H and O–H groups in total. The molecule has 1 fully saturated rings. The minimum atomic E-state index is -3.58. The largest absolute Gasteiger partial charge is 0.494 e. The number of amides is 1. The Balaban J connectivity index is 1.56. The van der Waals surface area contributed by atoms with Crippen molar-refractivity contribution in [3.05, 3.63) is 42.6 Å². The van der Waals surface area contributed by atoms with Gasteiger partial charge in [0, 0.05) is 19.0 Å². The van der Waals surface area contributed by atoms with Gasteiger partial charge in [0.1, 0.15) is 5.75 Å². The lowest BCUT2D eigenvalue weighted by atomic mass is 9.97. The Morgan fingerprint density at radius 2 is 1.87 bits per heavy atom. The number of anilines is 1. The predicted octanol–water partition coefficient (Wildman–Crippen LogP) is 3.63. The van der Waals surface area contributed by atoms with Crippen LogP contribution in [0, 0.1) is 5.92 Å². The van der Waals surface area contributed by atoms with E-state index in [1.165, 1.54) is 4.31 Å². The third-order valence-corrected chi connectivity index (χ3v) is 7.63. The van der Waals surface area contributed by atoms with Crippen molar-refractivity contribution in [3.63, 3.8) is 0 Å². The number of aromatic nitrogens is 1. The second kappa shape index (κ2) is 10.3. The van der Waals surface area contributed by atoms with Crippen molar-refractivity contribution in [2.75, 3.05) is 30.8 Å². The Morgan fingerprint density at radius 1 is 1.17 bits per heavy atom. The Kier molecular flexibility index (Phi) is 7.74. The smallest absolute Gasteiger partial charge is 0.243 e. The minimum Gasteiger partial charge on any atom is -0.494 e. The van der Waals surface area contributed by atoms with Gasteiger partial charge in [0.05, 0.1) is 28.4 Å². The van der Waals surface area contributed by atoms with Gasteiger partial charge >= 0.3 is 0 Å². The Labute approximate surface area is 182 Å². The van der Waals surface area contributed by atoms with Gasteiger partial charge in [0.2, 0.25) is 15.9 Å². The molecule has 1 aliphatic rings. The third kappa shape index (κ3) is 5.53. The first-order valence-corrected chi connectivity index (χ1v) is 12.5. The highest BCUT2D eigenvalue weighted by atomic mass is 32.2. The van der Waals surface area contributed by atoms with E-state index in [2.05, 4.69) is 17.2 Å². The van der Waals surface area contributed by atoms with E-state index in [1.807, 2.05) is 19.1 Å². The van der Waals surface area contributed by atoms with Crippen LogP contribution in [-0.4, -0.2) is 49.1 Å². The molecule has 1 aliphatic heterocycles. The fraction of sp³-hybridized carbons (Fsp3) is 0.429. The first-order chi connectivity index (χ1) is 14.4. The van der Waals surface area contributed by atoms with Crippen LogP contribution in [0.2, 0.25) is 0 Å². The Hall–Kier alpha value is -2.10. The van der Waals surface area contributed by atoms with Gasteiger partial charge in [0.25, 0.3) is 0 Å². The number of thioether (sulfide) groups is 1. The van der Waals surface area contributed by atoms with E-state index in [0.29, 0.717) is 44.0 Å². The predicted molar refractivity (Wildman–Crippen MR) is 118 cm³/mol. The van der Waals surface area contributed by atoms with Crippen molar-refractivity contribution >= 4 is 33.4 Å². The number of sulfonamides is 1. The molecule has 0 atom stereocenters. The summed E-state index contributed by atoms with van der Waals surface area (Å²) in [5, 5.41) is 3.81. The van der Waals surface area contributed by atoms with Crippen LogP contribution in [0.4, 0.5) is 5.69 Å². The van der Waals surface area contributed by atoms with Gasteiger partial charge in [0.15, 0.2) is 0 Å². The summed E-state index contributed by atoms with van der Waals surface area (Å²) in [6.45, 7) is 5.10. The van der Waals surface area contributed by atoms with E-state index in [4.69, 9.17) is 4.74 Å². The van der Waals surface area contributed by atoms with Crippen LogP contribution >= 0.6 is 11.8 Å². The number of ether oxygens (including phenoxy) is 1. The monoisotopic (exact) mass is 449 g/mol. The highest BCUT2D eigenvalue weighted by Gasteiger charge is 2.32. The first kappa shape index (κ1) is 22.6. The maximum atomic E-state index is 12.9. The topological polar surface area (TPSA) is 88.6 Å². The normalized spacial score (nSPS) is 15.7. The van der Waals surface area contributed by atoms with Crippen LogP contribution in [0.5, 0.6) is 5.75 Å². The van der Waals surface area contributed by atoms with E-state index in [0.717, 1.165) is 10.8 Å². The average Bonchev–Trinajstić information content (AvgIpc) is 2.76. The lowest BCUT2D eigenvalue weighted by Crippen LogP contribution is -2.41.